The molecule has 1 aromatic heterocycles. The van der Waals surface area contributed by atoms with E-state index in [2.05, 4.69) is 20.6 Å². The van der Waals surface area contributed by atoms with Crippen molar-refractivity contribution in [3.8, 4) is 5.75 Å². The molecule has 30 heavy (non-hydrogen) atoms. The van der Waals surface area contributed by atoms with E-state index in [0.717, 1.165) is 16.5 Å². The van der Waals surface area contributed by atoms with Crippen molar-refractivity contribution >= 4 is 32.7 Å². The summed E-state index contributed by atoms with van der Waals surface area (Å²) in [6.45, 7) is 1.38. The number of ether oxygens (including phenoxy) is 1. The first-order valence-electron chi connectivity index (χ1n) is 9.10. The van der Waals surface area contributed by atoms with Gasteiger partial charge in [-0.1, -0.05) is 18.2 Å². The first kappa shape index (κ1) is 21.3. The van der Waals surface area contributed by atoms with Crippen LogP contribution in [0.2, 0.25) is 0 Å². The molecule has 0 aliphatic carbocycles. The van der Waals surface area contributed by atoms with Gasteiger partial charge in [0.2, 0.25) is 15.9 Å². The number of amides is 2. The quantitative estimate of drug-likeness (QED) is 0.419. The zero-order chi connectivity index (χ0) is 21.7. The molecule has 0 bridgehead atoms. The summed E-state index contributed by atoms with van der Waals surface area (Å²) in [5.74, 6) is -0.615. The average molecular weight is 430 g/mol. The highest BCUT2D eigenvalue weighted by Crippen LogP contribution is 2.18. The van der Waals surface area contributed by atoms with Gasteiger partial charge in [-0.2, -0.15) is 4.72 Å². The van der Waals surface area contributed by atoms with E-state index in [-0.39, 0.29) is 11.3 Å². The third kappa shape index (κ3) is 4.97. The molecule has 2 aromatic carbocycles. The standard InChI is InChI=1S/C20H22N4O5S/c1-13(24-30(27,28)16-9-7-15(29-2)8-10-16)20(26)23-22-19(25)11-14-12-21-18-6-4-3-5-17(14)18/h3-10,12-13,21,24H,11H2,1-2H3,(H,22,25)(H,23,26)/t13-/m0/s1. The highest BCUT2D eigenvalue weighted by atomic mass is 32.2. The van der Waals surface area contributed by atoms with Crippen molar-refractivity contribution in [2.75, 3.05) is 7.11 Å². The van der Waals surface area contributed by atoms with Crippen LogP contribution in [0.15, 0.2) is 59.6 Å². The summed E-state index contributed by atoms with van der Waals surface area (Å²) in [7, 11) is -2.44. The summed E-state index contributed by atoms with van der Waals surface area (Å²) in [6.07, 6.45) is 1.79. The average Bonchev–Trinajstić information content (AvgIpc) is 3.14. The number of nitrogens with one attached hydrogen (secondary N) is 4. The fourth-order valence-electron chi connectivity index (χ4n) is 2.84. The fraction of sp³-hybridized carbons (Fsp3) is 0.200. The Labute approximate surface area is 173 Å². The fourth-order valence-corrected chi connectivity index (χ4v) is 4.05. The second-order valence-electron chi connectivity index (χ2n) is 6.59. The number of carbonyl (C=O) groups is 2. The Kier molecular flexibility index (Phi) is 6.38. The van der Waals surface area contributed by atoms with Gasteiger partial charge in [0, 0.05) is 17.1 Å². The number of aromatic amines is 1. The Bertz CT molecular complexity index is 1160. The van der Waals surface area contributed by atoms with E-state index in [1.54, 1.807) is 6.20 Å². The number of fused-ring (bicyclic) bond motifs is 1. The molecule has 3 rings (SSSR count). The summed E-state index contributed by atoms with van der Waals surface area (Å²) < 4.78 is 32.1. The maximum absolute atomic E-state index is 12.4. The Hall–Kier alpha value is -3.37. The molecule has 158 valence electrons. The van der Waals surface area contributed by atoms with E-state index in [1.165, 1.54) is 38.3 Å². The van der Waals surface area contributed by atoms with E-state index < -0.39 is 27.9 Å². The molecule has 1 atom stereocenters. The number of carbonyl (C=O) groups excluding carboxylic acids is 2. The van der Waals surface area contributed by atoms with Crippen molar-refractivity contribution in [2.24, 2.45) is 0 Å². The predicted octanol–water partition coefficient (Wildman–Crippen LogP) is 1.23. The van der Waals surface area contributed by atoms with Crippen LogP contribution in [0.4, 0.5) is 0 Å². The van der Waals surface area contributed by atoms with E-state index in [0.29, 0.717) is 5.75 Å². The lowest BCUT2D eigenvalue weighted by Gasteiger charge is -2.15. The molecule has 2 amide bonds. The van der Waals surface area contributed by atoms with Gasteiger partial charge in [0.1, 0.15) is 5.75 Å². The molecule has 10 heteroatoms. The van der Waals surface area contributed by atoms with Crippen LogP contribution >= 0.6 is 0 Å². The van der Waals surface area contributed by atoms with Crippen molar-refractivity contribution in [3.63, 3.8) is 0 Å². The number of hydrogen-bond donors (Lipinski definition) is 4. The van der Waals surface area contributed by atoms with Crippen LogP contribution in [0.1, 0.15) is 12.5 Å². The molecule has 0 radical (unpaired) electrons. The lowest BCUT2D eigenvalue weighted by atomic mass is 10.1. The van der Waals surface area contributed by atoms with Crippen molar-refractivity contribution in [3.05, 3.63) is 60.3 Å². The maximum atomic E-state index is 12.4. The Morgan fingerprint density at radius 2 is 1.77 bits per heavy atom. The molecular formula is C20H22N4O5S. The molecule has 3 aromatic rings. The van der Waals surface area contributed by atoms with Crippen molar-refractivity contribution in [2.45, 2.75) is 24.3 Å². The lowest BCUT2D eigenvalue weighted by Crippen LogP contribution is -2.51. The van der Waals surface area contributed by atoms with Crippen LogP contribution in [0.5, 0.6) is 5.75 Å². The molecule has 0 aliphatic rings. The van der Waals surface area contributed by atoms with Gasteiger partial charge in [0.05, 0.1) is 24.5 Å². The van der Waals surface area contributed by atoms with Gasteiger partial charge in [-0.25, -0.2) is 8.42 Å². The van der Waals surface area contributed by atoms with Gasteiger partial charge in [-0.15, -0.1) is 0 Å². The summed E-state index contributed by atoms with van der Waals surface area (Å²) in [5, 5.41) is 0.916. The number of para-hydroxylation sites is 1. The number of hydrazine groups is 1. The number of H-pyrrole nitrogens is 1. The smallest absolute Gasteiger partial charge is 0.256 e. The van der Waals surface area contributed by atoms with Gasteiger partial charge < -0.3 is 9.72 Å². The largest absolute Gasteiger partial charge is 0.497 e. The van der Waals surface area contributed by atoms with Crippen molar-refractivity contribution < 1.29 is 22.7 Å². The highest BCUT2D eigenvalue weighted by Gasteiger charge is 2.22. The van der Waals surface area contributed by atoms with E-state index in [4.69, 9.17) is 4.74 Å². The van der Waals surface area contributed by atoms with Gasteiger partial charge in [0.25, 0.3) is 5.91 Å². The molecule has 0 unspecified atom stereocenters. The molecule has 0 fully saturated rings. The molecule has 0 aliphatic heterocycles. The molecule has 0 saturated heterocycles. The first-order chi connectivity index (χ1) is 14.3. The van der Waals surface area contributed by atoms with Gasteiger partial charge >= 0.3 is 0 Å². The summed E-state index contributed by atoms with van der Waals surface area (Å²) in [4.78, 5) is 27.4. The number of methoxy groups -OCH3 is 1. The number of rotatable bonds is 7. The molecule has 9 nitrogen and oxygen atoms in total. The van der Waals surface area contributed by atoms with Crippen LogP contribution < -0.4 is 20.3 Å². The van der Waals surface area contributed by atoms with Crippen molar-refractivity contribution in [1.82, 2.24) is 20.6 Å². The normalized spacial score (nSPS) is 12.3. The Morgan fingerprint density at radius 1 is 1.07 bits per heavy atom. The lowest BCUT2D eigenvalue weighted by molar-refractivity contribution is -0.129. The maximum Gasteiger partial charge on any atom is 0.256 e. The zero-order valence-electron chi connectivity index (χ0n) is 16.4. The minimum absolute atomic E-state index is 0.00804. The number of aromatic nitrogens is 1. The highest BCUT2D eigenvalue weighted by molar-refractivity contribution is 7.89. The van der Waals surface area contributed by atoms with E-state index >= 15 is 0 Å². The molecule has 0 spiro atoms. The van der Waals surface area contributed by atoms with Crippen LogP contribution in [-0.4, -0.2) is 38.4 Å². The summed E-state index contributed by atoms with van der Waals surface area (Å²) >= 11 is 0. The zero-order valence-corrected chi connectivity index (χ0v) is 17.2. The van der Waals surface area contributed by atoms with E-state index in [9.17, 15) is 18.0 Å². The summed E-state index contributed by atoms with van der Waals surface area (Å²) in [6, 6.07) is 12.2. The topological polar surface area (TPSA) is 129 Å². The number of benzene rings is 2. The van der Waals surface area contributed by atoms with Crippen molar-refractivity contribution in [1.29, 1.82) is 0 Å². The Balaban J connectivity index is 1.54. The second kappa shape index (κ2) is 8.97. The number of sulfonamides is 1. The first-order valence-corrected chi connectivity index (χ1v) is 10.6. The van der Waals surface area contributed by atoms with Crippen LogP contribution in [0.3, 0.4) is 0 Å². The third-order valence-electron chi connectivity index (χ3n) is 4.45. The van der Waals surface area contributed by atoms with Crippen LogP contribution in [0.25, 0.3) is 10.9 Å². The molecule has 4 N–H and O–H groups in total. The minimum atomic E-state index is -3.92. The number of hydrogen-bond acceptors (Lipinski definition) is 5. The molecule has 1 heterocycles. The second-order valence-corrected chi connectivity index (χ2v) is 8.31. The van der Waals surface area contributed by atoms with Gasteiger partial charge in [-0.05, 0) is 42.8 Å². The molecular weight excluding hydrogens is 408 g/mol. The van der Waals surface area contributed by atoms with Gasteiger partial charge in [-0.3, -0.25) is 20.4 Å². The third-order valence-corrected chi connectivity index (χ3v) is 6.00. The SMILES string of the molecule is COc1ccc(S(=O)(=O)N[C@@H](C)C(=O)NNC(=O)Cc2c[nH]c3ccccc23)cc1. The monoisotopic (exact) mass is 430 g/mol. The van der Waals surface area contributed by atoms with E-state index in [1.807, 2.05) is 24.3 Å². The predicted molar refractivity (Wildman–Crippen MR) is 111 cm³/mol. The Morgan fingerprint density at radius 3 is 2.47 bits per heavy atom. The van der Waals surface area contributed by atoms with Crippen LogP contribution in [0, 0.1) is 0 Å². The molecule has 0 saturated carbocycles. The summed E-state index contributed by atoms with van der Waals surface area (Å²) in [5.41, 5.74) is 6.23. The van der Waals surface area contributed by atoms with Crippen LogP contribution in [-0.2, 0) is 26.0 Å². The minimum Gasteiger partial charge on any atom is -0.497 e. The van der Waals surface area contributed by atoms with Gasteiger partial charge in [0.15, 0.2) is 0 Å².